The third-order valence-corrected chi connectivity index (χ3v) is 2.51. The van der Waals surface area contributed by atoms with E-state index in [-0.39, 0.29) is 18.9 Å². The maximum absolute atomic E-state index is 12.0. The minimum Gasteiger partial charge on any atom is -0.469 e. The lowest BCUT2D eigenvalue weighted by Crippen LogP contribution is -2.46. The monoisotopic (exact) mass is 338 g/mol. The summed E-state index contributed by atoms with van der Waals surface area (Å²) in [5, 5.41) is 4.79. The number of rotatable bonds is 4. The fourth-order valence-corrected chi connectivity index (χ4v) is 1.52. The van der Waals surface area contributed by atoms with E-state index in [1.165, 1.54) is 7.11 Å². The van der Waals surface area contributed by atoms with Crippen LogP contribution in [0.5, 0.6) is 0 Å². The second-order valence-electron chi connectivity index (χ2n) is 5.72. The molecular formula is C15H22N4O5. The number of aliphatic imine (C=N–C) groups is 1. The van der Waals surface area contributed by atoms with Crippen LogP contribution in [0.25, 0.3) is 0 Å². The Hall–Kier alpha value is -2.84. The summed E-state index contributed by atoms with van der Waals surface area (Å²) in [5.74, 6) is -1.06. The van der Waals surface area contributed by atoms with Crippen LogP contribution in [0.2, 0.25) is 0 Å². The highest BCUT2D eigenvalue weighted by atomic mass is 16.6. The Bertz CT molecular complexity index is 602. The molecule has 0 aliphatic rings. The number of H-pyrrole nitrogens is 1. The van der Waals surface area contributed by atoms with Crippen LogP contribution < -0.4 is 10.6 Å². The average molecular weight is 338 g/mol. The smallest absolute Gasteiger partial charge is 0.414 e. The molecule has 1 rings (SSSR count). The van der Waals surface area contributed by atoms with Gasteiger partial charge in [-0.3, -0.25) is 25.2 Å². The molecule has 0 spiro atoms. The van der Waals surface area contributed by atoms with Crippen molar-refractivity contribution in [1.29, 1.82) is 0 Å². The number of guanidine groups is 1. The molecule has 1 heterocycles. The molecule has 0 radical (unpaired) electrons. The van der Waals surface area contributed by atoms with Crippen LogP contribution in [-0.2, 0) is 14.3 Å². The van der Waals surface area contributed by atoms with Gasteiger partial charge in [0.1, 0.15) is 11.3 Å². The quantitative estimate of drug-likeness (QED) is 0.432. The molecule has 2 amide bonds. The average Bonchev–Trinajstić information content (AvgIpc) is 2.98. The molecule has 9 heteroatoms. The second kappa shape index (κ2) is 8.70. The summed E-state index contributed by atoms with van der Waals surface area (Å²) in [4.78, 5) is 41.7. The normalized spacial score (nSPS) is 11.6. The first-order valence-corrected chi connectivity index (χ1v) is 7.27. The molecule has 0 aromatic carbocycles. The van der Waals surface area contributed by atoms with Gasteiger partial charge in [-0.05, 0) is 32.9 Å². The molecule has 0 unspecified atom stereocenters. The molecule has 132 valence electrons. The highest BCUT2D eigenvalue weighted by Crippen LogP contribution is 2.06. The lowest BCUT2D eigenvalue weighted by atomic mass is 10.2. The number of methoxy groups -OCH3 is 1. The summed E-state index contributed by atoms with van der Waals surface area (Å²) in [6.45, 7) is 5.15. The number of ether oxygens (including phenoxy) is 2. The van der Waals surface area contributed by atoms with E-state index in [0.29, 0.717) is 5.69 Å². The number of esters is 1. The van der Waals surface area contributed by atoms with Gasteiger partial charge in [0.15, 0.2) is 0 Å². The van der Waals surface area contributed by atoms with Crippen molar-refractivity contribution in [3.8, 4) is 0 Å². The maximum Gasteiger partial charge on any atom is 0.414 e. The van der Waals surface area contributed by atoms with Gasteiger partial charge >= 0.3 is 12.1 Å². The number of alkyl carbamates (subject to hydrolysis) is 1. The third-order valence-electron chi connectivity index (χ3n) is 2.51. The molecule has 1 aromatic heterocycles. The van der Waals surface area contributed by atoms with Gasteiger partial charge in [0.2, 0.25) is 5.96 Å². The first kappa shape index (κ1) is 19.2. The zero-order valence-electron chi connectivity index (χ0n) is 14.1. The number of aromatic amines is 1. The van der Waals surface area contributed by atoms with Gasteiger partial charge in [-0.1, -0.05) is 0 Å². The van der Waals surface area contributed by atoms with E-state index < -0.39 is 23.6 Å². The predicted molar refractivity (Wildman–Crippen MR) is 86.6 cm³/mol. The zero-order chi connectivity index (χ0) is 18.2. The largest absolute Gasteiger partial charge is 0.469 e. The Morgan fingerprint density at radius 3 is 2.50 bits per heavy atom. The summed E-state index contributed by atoms with van der Waals surface area (Å²) in [5.41, 5.74) is -0.410. The molecular weight excluding hydrogens is 316 g/mol. The summed E-state index contributed by atoms with van der Waals surface area (Å²) < 4.78 is 9.61. The van der Waals surface area contributed by atoms with Gasteiger partial charge in [-0.25, -0.2) is 4.79 Å². The molecule has 0 fully saturated rings. The standard InChI is InChI=1S/C15H22N4O5/c1-15(2,3)24-14(22)19-13(17-9-7-11(20)23-4)18-12(21)10-6-5-8-16-10/h5-6,8,16H,7,9H2,1-4H3,(H2,17,18,19,21,22). The summed E-state index contributed by atoms with van der Waals surface area (Å²) in [6, 6.07) is 3.22. The van der Waals surface area contributed by atoms with E-state index >= 15 is 0 Å². The van der Waals surface area contributed by atoms with Gasteiger partial charge in [0.05, 0.1) is 20.1 Å². The van der Waals surface area contributed by atoms with Gasteiger partial charge in [-0.2, -0.15) is 0 Å². The van der Waals surface area contributed by atoms with Crippen LogP contribution in [0.3, 0.4) is 0 Å². The van der Waals surface area contributed by atoms with Crippen molar-refractivity contribution in [2.24, 2.45) is 4.99 Å². The summed E-state index contributed by atoms with van der Waals surface area (Å²) in [7, 11) is 1.26. The fourth-order valence-electron chi connectivity index (χ4n) is 1.52. The molecule has 1 aromatic rings. The van der Waals surface area contributed by atoms with E-state index in [1.54, 1.807) is 39.1 Å². The van der Waals surface area contributed by atoms with Crippen molar-refractivity contribution in [2.75, 3.05) is 13.7 Å². The Balaban J connectivity index is 2.74. The maximum atomic E-state index is 12.0. The first-order chi connectivity index (χ1) is 11.2. The lowest BCUT2D eigenvalue weighted by Gasteiger charge is -2.20. The van der Waals surface area contributed by atoms with E-state index in [4.69, 9.17) is 4.74 Å². The molecule has 0 aliphatic carbocycles. The molecule has 0 saturated carbocycles. The minimum atomic E-state index is -0.772. The molecule has 0 saturated heterocycles. The van der Waals surface area contributed by atoms with Crippen LogP contribution >= 0.6 is 0 Å². The van der Waals surface area contributed by atoms with Crippen LogP contribution in [0, 0.1) is 0 Å². The number of aromatic nitrogens is 1. The van der Waals surface area contributed by atoms with Crippen molar-refractivity contribution in [3.05, 3.63) is 24.0 Å². The fraction of sp³-hybridized carbons (Fsp3) is 0.467. The van der Waals surface area contributed by atoms with E-state index in [2.05, 4.69) is 25.3 Å². The van der Waals surface area contributed by atoms with Crippen LogP contribution in [-0.4, -0.2) is 48.2 Å². The van der Waals surface area contributed by atoms with E-state index in [1.807, 2.05) is 0 Å². The van der Waals surface area contributed by atoms with E-state index in [0.717, 1.165) is 0 Å². The van der Waals surface area contributed by atoms with Crippen molar-refractivity contribution < 1.29 is 23.9 Å². The topological polar surface area (TPSA) is 122 Å². The number of hydrogen-bond acceptors (Lipinski definition) is 6. The minimum absolute atomic E-state index is 0.00830. The van der Waals surface area contributed by atoms with Crippen LogP contribution in [0.15, 0.2) is 23.3 Å². The summed E-state index contributed by atoms with van der Waals surface area (Å²) >= 11 is 0. The lowest BCUT2D eigenvalue weighted by molar-refractivity contribution is -0.140. The predicted octanol–water partition coefficient (Wildman–Crippen LogP) is 1.19. The van der Waals surface area contributed by atoms with E-state index in [9.17, 15) is 14.4 Å². The number of carbonyl (C=O) groups excluding carboxylic acids is 3. The molecule has 0 aliphatic heterocycles. The Morgan fingerprint density at radius 2 is 1.96 bits per heavy atom. The van der Waals surface area contributed by atoms with Gasteiger partial charge < -0.3 is 14.5 Å². The summed E-state index contributed by atoms with van der Waals surface area (Å²) in [6.07, 6.45) is 0.824. The number of carbonyl (C=O) groups is 3. The Kier molecular flexibility index (Phi) is 6.97. The number of amides is 2. The molecule has 9 nitrogen and oxygen atoms in total. The molecule has 0 bridgehead atoms. The van der Waals surface area contributed by atoms with Crippen molar-refractivity contribution in [1.82, 2.24) is 15.6 Å². The number of hydrogen-bond donors (Lipinski definition) is 3. The molecule has 0 atom stereocenters. The van der Waals surface area contributed by atoms with Crippen molar-refractivity contribution >= 4 is 23.9 Å². The SMILES string of the molecule is COC(=O)CCN=C(NC(=O)OC(C)(C)C)NC(=O)c1ccc[nH]1. The van der Waals surface area contributed by atoms with Gasteiger partial charge in [0, 0.05) is 6.20 Å². The van der Waals surface area contributed by atoms with Crippen LogP contribution in [0.1, 0.15) is 37.7 Å². The Morgan fingerprint density at radius 1 is 1.25 bits per heavy atom. The highest BCUT2D eigenvalue weighted by molar-refractivity contribution is 6.08. The zero-order valence-corrected chi connectivity index (χ0v) is 14.1. The molecule has 24 heavy (non-hydrogen) atoms. The van der Waals surface area contributed by atoms with Crippen molar-refractivity contribution in [3.63, 3.8) is 0 Å². The molecule has 3 N–H and O–H groups in total. The highest BCUT2D eigenvalue weighted by Gasteiger charge is 2.19. The Labute approximate surface area is 139 Å². The number of nitrogens with zero attached hydrogens (tertiary/aromatic N) is 1. The first-order valence-electron chi connectivity index (χ1n) is 7.27. The van der Waals surface area contributed by atoms with Crippen LogP contribution in [0.4, 0.5) is 4.79 Å². The van der Waals surface area contributed by atoms with Crippen molar-refractivity contribution in [2.45, 2.75) is 32.8 Å². The van der Waals surface area contributed by atoms with Gasteiger partial charge in [0.25, 0.3) is 5.91 Å². The van der Waals surface area contributed by atoms with Gasteiger partial charge in [-0.15, -0.1) is 0 Å². The third kappa shape index (κ3) is 7.43. The second-order valence-corrected chi connectivity index (χ2v) is 5.72. The number of nitrogens with one attached hydrogen (secondary N) is 3.